The Morgan fingerprint density at radius 1 is 0.895 bits per heavy atom. The maximum atomic E-state index is 13.4. The lowest BCUT2D eigenvalue weighted by Gasteiger charge is -2.29. The zero-order chi connectivity index (χ0) is 27.1. The van der Waals surface area contributed by atoms with Crippen molar-refractivity contribution >= 4 is 40.9 Å². The molecule has 5 amide bonds. The van der Waals surface area contributed by atoms with Gasteiger partial charge in [0, 0.05) is 42.6 Å². The van der Waals surface area contributed by atoms with Crippen LogP contribution in [0.25, 0.3) is 0 Å². The molecule has 1 saturated heterocycles. The number of nitrogens with two attached hydrogens (primary N) is 1. The average Bonchev–Trinajstić information content (AvgIpc) is 3.38. The quantitative estimate of drug-likeness (QED) is 0.365. The van der Waals surface area contributed by atoms with Gasteiger partial charge in [-0.05, 0) is 53.6 Å². The summed E-state index contributed by atoms with van der Waals surface area (Å²) in [5, 5.41) is 8.85. The number of hydrogen-bond acceptors (Lipinski definition) is 5. The lowest BCUT2D eigenvalue weighted by atomic mass is 10.1. The van der Waals surface area contributed by atoms with Gasteiger partial charge in [0.15, 0.2) is 6.17 Å². The van der Waals surface area contributed by atoms with Crippen LogP contribution in [0.5, 0.6) is 5.75 Å². The van der Waals surface area contributed by atoms with E-state index in [0.29, 0.717) is 28.7 Å². The normalized spacial score (nSPS) is 14.7. The predicted molar refractivity (Wildman–Crippen MR) is 146 cm³/mol. The molecule has 1 aliphatic heterocycles. The Labute approximate surface area is 225 Å². The molecule has 5 N–H and O–H groups in total. The van der Waals surface area contributed by atoms with E-state index >= 15 is 0 Å². The molecule has 0 saturated carbocycles. The molecule has 1 fully saturated rings. The number of rotatable bonds is 7. The molecule has 0 aromatic heterocycles. The molecule has 10 nitrogen and oxygen atoms in total. The van der Waals surface area contributed by atoms with Crippen molar-refractivity contribution in [3.63, 3.8) is 0 Å². The van der Waals surface area contributed by atoms with Gasteiger partial charge in [0.25, 0.3) is 5.91 Å². The van der Waals surface area contributed by atoms with Gasteiger partial charge in [-0.25, -0.2) is 9.59 Å². The summed E-state index contributed by atoms with van der Waals surface area (Å²) < 4.78 is 5.15. The maximum Gasteiger partial charge on any atom is 0.323 e. The van der Waals surface area contributed by atoms with E-state index in [-0.39, 0.29) is 19.6 Å². The number of carbonyl (C=O) groups is 3. The molecule has 1 unspecified atom stereocenters. The second-order valence-electron chi connectivity index (χ2n) is 8.60. The summed E-state index contributed by atoms with van der Waals surface area (Å²) in [5.41, 5.74) is 8.50. The molecule has 4 rings (SSSR count). The molecule has 1 aliphatic rings. The number of urea groups is 2. The third-order valence-electron chi connectivity index (χ3n) is 6.04. The highest BCUT2D eigenvalue weighted by Crippen LogP contribution is 2.22. The molecule has 3 aromatic rings. The van der Waals surface area contributed by atoms with E-state index in [0.717, 1.165) is 11.1 Å². The number of halogens is 1. The molecule has 0 aliphatic carbocycles. The van der Waals surface area contributed by atoms with Crippen molar-refractivity contribution in [2.24, 2.45) is 5.73 Å². The number of amides is 5. The number of nitrogens with zero attached hydrogens (tertiary/aromatic N) is 2. The van der Waals surface area contributed by atoms with E-state index in [4.69, 9.17) is 22.1 Å². The summed E-state index contributed by atoms with van der Waals surface area (Å²) in [4.78, 5) is 42.5. The summed E-state index contributed by atoms with van der Waals surface area (Å²) in [5.74, 6) is 0.149. The Balaban J connectivity index is 1.52. The van der Waals surface area contributed by atoms with Crippen molar-refractivity contribution in [3.05, 3.63) is 88.9 Å². The van der Waals surface area contributed by atoms with Crippen molar-refractivity contribution in [1.29, 1.82) is 0 Å². The van der Waals surface area contributed by atoms with Crippen molar-refractivity contribution in [2.75, 3.05) is 30.8 Å². The van der Waals surface area contributed by atoms with Gasteiger partial charge < -0.3 is 26.4 Å². The van der Waals surface area contributed by atoms with Crippen LogP contribution < -0.4 is 26.4 Å². The smallest absolute Gasteiger partial charge is 0.323 e. The average molecular weight is 537 g/mol. The topological polar surface area (TPSA) is 129 Å². The second-order valence-corrected chi connectivity index (χ2v) is 9.04. The van der Waals surface area contributed by atoms with Gasteiger partial charge in [-0.15, -0.1) is 0 Å². The minimum absolute atomic E-state index is 0.156. The van der Waals surface area contributed by atoms with Gasteiger partial charge in [-0.3, -0.25) is 14.6 Å². The van der Waals surface area contributed by atoms with Gasteiger partial charge in [-0.1, -0.05) is 41.9 Å². The fourth-order valence-electron chi connectivity index (χ4n) is 4.11. The van der Waals surface area contributed by atoms with Crippen molar-refractivity contribution in [2.45, 2.75) is 19.3 Å². The first-order chi connectivity index (χ1) is 18.4. The Kier molecular flexibility index (Phi) is 8.67. The molecular formula is C27H29ClN6O4. The fourth-order valence-corrected chi connectivity index (χ4v) is 4.31. The first kappa shape index (κ1) is 26.8. The first-order valence-electron chi connectivity index (χ1n) is 12.0. The molecule has 198 valence electrons. The van der Waals surface area contributed by atoms with Crippen molar-refractivity contribution in [1.82, 2.24) is 15.1 Å². The molecule has 1 atom stereocenters. The lowest BCUT2D eigenvalue weighted by Crippen LogP contribution is -2.55. The van der Waals surface area contributed by atoms with Crippen LogP contribution in [0.4, 0.5) is 21.0 Å². The largest absolute Gasteiger partial charge is 0.497 e. The number of methoxy groups -OCH3 is 1. The van der Waals surface area contributed by atoms with E-state index in [1.54, 1.807) is 55.6 Å². The van der Waals surface area contributed by atoms with Crippen LogP contribution in [0.3, 0.4) is 0 Å². The predicted octanol–water partition coefficient (Wildman–Crippen LogP) is 3.83. The number of benzene rings is 3. The zero-order valence-electron chi connectivity index (χ0n) is 20.8. The molecule has 0 bridgehead atoms. The second kappa shape index (κ2) is 12.3. The van der Waals surface area contributed by atoms with E-state index in [2.05, 4.69) is 16.0 Å². The van der Waals surface area contributed by atoms with E-state index in [1.165, 1.54) is 9.80 Å². The van der Waals surface area contributed by atoms with Crippen LogP contribution in [0.2, 0.25) is 5.02 Å². The number of carbonyl (C=O) groups excluding carboxylic acids is 3. The summed E-state index contributed by atoms with van der Waals surface area (Å²) in [6.07, 6.45) is -1.18. The number of hydrogen-bond donors (Lipinski definition) is 4. The summed E-state index contributed by atoms with van der Waals surface area (Å²) in [6, 6.07) is 20.0. The van der Waals surface area contributed by atoms with E-state index in [1.807, 2.05) is 24.3 Å². The molecule has 0 radical (unpaired) electrons. The summed E-state index contributed by atoms with van der Waals surface area (Å²) >= 11 is 6.04. The Hall–Kier alpha value is -4.28. The maximum absolute atomic E-state index is 13.4. The highest BCUT2D eigenvalue weighted by atomic mass is 35.5. The summed E-state index contributed by atoms with van der Waals surface area (Å²) in [7, 11) is 1.55. The van der Waals surface area contributed by atoms with Crippen LogP contribution in [-0.4, -0.2) is 54.1 Å². The van der Waals surface area contributed by atoms with Gasteiger partial charge in [0.05, 0.1) is 7.11 Å². The van der Waals surface area contributed by atoms with Crippen molar-refractivity contribution < 1.29 is 19.1 Å². The van der Waals surface area contributed by atoms with Crippen LogP contribution in [0.15, 0.2) is 72.8 Å². The van der Waals surface area contributed by atoms with Gasteiger partial charge in [0.1, 0.15) is 5.75 Å². The van der Waals surface area contributed by atoms with Crippen LogP contribution in [0.1, 0.15) is 11.1 Å². The molecule has 38 heavy (non-hydrogen) atoms. The molecule has 1 heterocycles. The molecule has 0 spiro atoms. The SMILES string of the molecule is COc1ccc(NC(=O)N2CCN(C(=O)Nc3cccc(Cl)c3)C2C(=O)NCc2cccc(CN)c2)cc1. The third kappa shape index (κ3) is 6.53. The fraction of sp³-hybridized carbons (Fsp3) is 0.222. The molecule has 3 aromatic carbocycles. The molecule has 11 heteroatoms. The zero-order valence-corrected chi connectivity index (χ0v) is 21.6. The van der Waals surface area contributed by atoms with Crippen molar-refractivity contribution in [3.8, 4) is 5.75 Å². The van der Waals surface area contributed by atoms with Gasteiger partial charge >= 0.3 is 12.1 Å². The molecular weight excluding hydrogens is 508 g/mol. The van der Waals surface area contributed by atoms with Gasteiger partial charge in [0.2, 0.25) is 0 Å². The highest BCUT2D eigenvalue weighted by molar-refractivity contribution is 6.30. The third-order valence-corrected chi connectivity index (χ3v) is 6.27. The number of ether oxygens (including phenoxy) is 1. The monoisotopic (exact) mass is 536 g/mol. The van der Waals surface area contributed by atoms with Crippen LogP contribution in [-0.2, 0) is 17.9 Å². The van der Waals surface area contributed by atoms with Gasteiger partial charge in [-0.2, -0.15) is 0 Å². The minimum Gasteiger partial charge on any atom is -0.497 e. The highest BCUT2D eigenvalue weighted by Gasteiger charge is 2.42. The Morgan fingerprint density at radius 3 is 2.16 bits per heavy atom. The van der Waals surface area contributed by atoms with E-state index < -0.39 is 24.1 Å². The Morgan fingerprint density at radius 2 is 1.53 bits per heavy atom. The standard InChI is InChI=1S/C27H29ClN6O4/c1-38-23-10-8-21(9-11-23)31-26(36)33-12-13-34(27(37)32-22-7-3-6-20(28)15-22)25(33)24(35)30-17-19-5-2-4-18(14-19)16-29/h2-11,14-15,25H,12-13,16-17,29H2,1H3,(H,30,35)(H,31,36)(H,32,37). The minimum atomic E-state index is -1.18. The van der Waals surface area contributed by atoms with Crippen LogP contribution >= 0.6 is 11.6 Å². The van der Waals surface area contributed by atoms with E-state index in [9.17, 15) is 14.4 Å². The summed E-state index contributed by atoms with van der Waals surface area (Å²) in [6.45, 7) is 0.900. The van der Waals surface area contributed by atoms with Crippen LogP contribution in [0, 0.1) is 0 Å². The first-order valence-corrected chi connectivity index (χ1v) is 12.4. The Bertz CT molecular complexity index is 1300. The number of anilines is 2. The number of nitrogens with one attached hydrogen (secondary N) is 3. The lowest BCUT2D eigenvalue weighted by molar-refractivity contribution is -0.127.